The molecule has 2 aliphatic carbocycles. The summed E-state index contributed by atoms with van der Waals surface area (Å²) in [7, 11) is 0. The smallest absolute Gasteiger partial charge is 0.0943 e. The molecule has 0 spiro atoms. The molecule has 3 heteroatoms. The Bertz CT molecular complexity index is 633. The molecule has 2 aliphatic rings. The second kappa shape index (κ2) is 4.68. The third kappa shape index (κ3) is 2.00. The van der Waals surface area contributed by atoms with Crippen molar-refractivity contribution in [3.05, 3.63) is 51.5 Å². The van der Waals surface area contributed by atoms with E-state index in [1.54, 1.807) is 22.5 Å². The van der Waals surface area contributed by atoms with E-state index in [-0.39, 0.29) is 6.04 Å². The minimum Gasteiger partial charge on any atom is -0.327 e. The van der Waals surface area contributed by atoms with Gasteiger partial charge in [-0.05, 0) is 48.6 Å². The summed E-state index contributed by atoms with van der Waals surface area (Å²) in [5, 5.41) is 3.32. The SMILES string of the molecule is Cc1csc(CC(N)C2C3CCc4ccccc4C32)n1. The van der Waals surface area contributed by atoms with Crippen molar-refractivity contribution in [2.45, 2.75) is 38.1 Å². The highest BCUT2D eigenvalue weighted by molar-refractivity contribution is 7.09. The lowest BCUT2D eigenvalue weighted by Crippen LogP contribution is -2.26. The maximum atomic E-state index is 6.50. The number of thiazole rings is 1. The molecule has 1 saturated carbocycles. The molecule has 20 heavy (non-hydrogen) atoms. The first-order chi connectivity index (χ1) is 9.74. The number of aryl methyl sites for hydroxylation is 2. The van der Waals surface area contributed by atoms with E-state index in [0.29, 0.717) is 5.92 Å². The van der Waals surface area contributed by atoms with Crippen LogP contribution in [0, 0.1) is 18.8 Å². The van der Waals surface area contributed by atoms with Crippen LogP contribution in [0.25, 0.3) is 0 Å². The summed E-state index contributed by atoms with van der Waals surface area (Å²) in [6, 6.07) is 9.20. The van der Waals surface area contributed by atoms with Crippen molar-refractivity contribution in [3.63, 3.8) is 0 Å². The van der Waals surface area contributed by atoms with Gasteiger partial charge in [0.25, 0.3) is 0 Å². The Morgan fingerprint density at radius 1 is 1.40 bits per heavy atom. The summed E-state index contributed by atoms with van der Waals surface area (Å²) in [6.07, 6.45) is 3.49. The normalized spacial score (nSPS) is 28.6. The highest BCUT2D eigenvalue weighted by Crippen LogP contribution is 2.61. The molecule has 2 nitrogen and oxygen atoms in total. The molecule has 2 N–H and O–H groups in total. The fourth-order valence-corrected chi connectivity index (χ4v) is 4.88. The van der Waals surface area contributed by atoms with Gasteiger partial charge in [-0.2, -0.15) is 0 Å². The van der Waals surface area contributed by atoms with Crippen molar-refractivity contribution in [2.75, 3.05) is 0 Å². The predicted octanol–water partition coefficient (Wildman–Crippen LogP) is 3.30. The molecule has 2 aromatic rings. The topological polar surface area (TPSA) is 38.9 Å². The lowest BCUT2D eigenvalue weighted by molar-refractivity contribution is 0.531. The standard InChI is InChI=1S/C17H20N2S/c1-10-9-20-15(19-10)8-14(18)17-13-7-6-11-4-2-3-5-12(11)16(13)17/h2-5,9,13-14,16-17H,6-8,18H2,1H3. The second-order valence-corrected chi connectivity index (χ2v) is 7.20. The van der Waals surface area contributed by atoms with Crippen molar-refractivity contribution in [2.24, 2.45) is 17.6 Å². The maximum absolute atomic E-state index is 6.50. The van der Waals surface area contributed by atoms with Crippen LogP contribution in [0.4, 0.5) is 0 Å². The zero-order valence-electron chi connectivity index (χ0n) is 11.8. The summed E-state index contributed by atoms with van der Waals surface area (Å²) in [6.45, 7) is 2.05. The summed E-state index contributed by atoms with van der Waals surface area (Å²) >= 11 is 1.75. The number of aromatic nitrogens is 1. The van der Waals surface area contributed by atoms with E-state index in [9.17, 15) is 0 Å². The van der Waals surface area contributed by atoms with E-state index in [0.717, 1.165) is 24.0 Å². The fourth-order valence-electron chi connectivity index (χ4n) is 4.04. The first kappa shape index (κ1) is 12.5. The number of hydrogen-bond donors (Lipinski definition) is 1. The van der Waals surface area contributed by atoms with Crippen molar-refractivity contribution in [1.29, 1.82) is 0 Å². The molecule has 1 fully saturated rings. The van der Waals surface area contributed by atoms with Crippen LogP contribution in [0.15, 0.2) is 29.6 Å². The van der Waals surface area contributed by atoms with Crippen LogP contribution in [0.2, 0.25) is 0 Å². The Balaban J connectivity index is 1.52. The number of nitrogens with two attached hydrogens (primary N) is 1. The van der Waals surface area contributed by atoms with Crippen molar-refractivity contribution in [1.82, 2.24) is 4.98 Å². The van der Waals surface area contributed by atoms with Gasteiger partial charge in [-0.25, -0.2) is 4.98 Å². The van der Waals surface area contributed by atoms with Crippen LogP contribution < -0.4 is 5.73 Å². The first-order valence-electron chi connectivity index (χ1n) is 7.48. The van der Waals surface area contributed by atoms with Crippen molar-refractivity contribution < 1.29 is 0 Å². The quantitative estimate of drug-likeness (QED) is 0.939. The maximum Gasteiger partial charge on any atom is 0.0943 e. The van der Waals surface area contributed by atoms with Crippen LogP contribution >= 0.6 is 11.3 Å². The van der Waals surface area contributed by atoms with Gasteiger partial charge in [0.15, 0.2) is 0 Å². The predicted molar refractivity (Wildman–Crippen MR) is 83.0 cm³/mol. The Kier molecular flexibility index (Phi) is 2.93. The van der Waals surface area contributed by atoms with Crippen LogP contribution in [0.5, 0.6) is 0 Å². The second-order valence-electron chi connectivity index (χ2n) is 6.26. The largest absolute Gasteiger partial charge is 0.327 e. The highest BCUT2D eigenvalue weighted by Gasteiger charge is 2.55. The lowest BCUT2D eigenvalue weighted by atomic mass is 9.92. The zero-order valence-corrected chi connectivity index (χ0v) is 12.6. The Morgan fingerprint density at radius 3 is 3.05 bits per heavy atom. The van der Waals surface area contributed by atoms with Gasteiger partial charge < -0.3 is 5.73 Å². The fraction of sp³-hybridized carbons (Fsp3) is 0.471. The van der Waals surface area contributed by atoms with Gasteiger partial charge in [0.05, 0.1) is 5.01 Å². The average molecular weight is 284 g/mol. The van der Waals surface area contributed by atoms with E-state index >= 15 is 0 Å². The Hall–Kier alpha value is -1.19. The molecular weight excluding hydrogens is 264 g/mol. The summed E-state index contributed by atoms with van der Waals surface area (Å²) in [5.41, 5.74) is 10.7. The van der Waals surface area contributed by atoms with Crippen molar-refractivity contribution >= 4 is 11.3 Å². The molecule has 104 valence electrons. The lowest BCUT2D eigenvalue weighted by Gasteiger charge is -2.13. The minimum absolute atomic E-state index is 0.265. The van der Waals surface area contributed by atoms with Gasteiger partial charge in [0.2, 0.25) is 0 Å². The molecule has 0 radical (unpaired) electrons. The molecule has 0 saturated heterocycles. The van der Waals surface area contributed by atoms with Gasteiger partial charge in [0, 0.05) is 23.5 Å². The highest BCUT2D eigenvalue weighted by atomic mass is 32.1. The van der Waals surface area contributed by atoms with Gasteiger partial charge in [0.1, 0.15) is 0 Å². The molecule has 4 atom stereocenters. The average Bonchev–Trinajstić information content (AvgIpc) is 3.08. The van der Waals surface area contributed by atoms with Gasteiger partial charge in [-0.3, -0.25) is 0 Å². The van der Waals surface area contributed by atoms with E-state index in [2.05, 4.69) is 41.6 Å². The van der Waals surface area contributed by atoms with Gasteiger partial charge in [-0.1, -0.05) is 24.3 Å². The van der Waals surface area contributed by atoms with E-state index in [4.69, 9.17) is 5.73 Å². The summed E-state index contributed by atoms with van der Waals surface area (Å²) in [4.78, 5) is 4.56. The number of fused-ring (bicyclic) bond motifs is 3. The summed E-state index contributed by atoms with van der Waals surface area (Å²) in [5.74, 6) is 2.21. The third-order valence-electron chi connectivity index (χ3n) is 4.96. The van der Waals surface area contributed by atoms with Gasteiger partial charge >= 0.3 is 0 Å². The van der Waals surface area contributed by atoms with Crippen molar-refractivity contribution in [3.8, 4) is 0 Å². The van der Waals surface area contributed by atoms with E-state index in [1.807, 2.05) is 0 Å². The molecular formula is C17H20N2S. The third-order valence-corrected chi connectivity index (χ3v) is 5.95. The molecule has 1 aromatic carbocycles. The molecule has 0 bridgehead atoms. The van der Waals surface area contributed by atoms with Crippen LogP contribution in [-0.2, 0) is 12.8 Å². The summed E-state index contributed by atoms with van der Waals surface area (Å²) < 4.78 is 0. The minimum atomic E-state index is 0.265. The first-order valence-corrected chi connectivity index (χ1v) is 8.36. The number of nitrogens with zero attached hydrogens (tertiary/aromatic N) is 1. The number of benzene rings is 1. The molecule has 4 rings (SSSR count). The number of rotatable bonds is 3. The molecule has 0 amide bonds. The van der Waals surface area contributed by atoms with Crippen LogP contribution in [0.3, 0.4) is 0 Å². The molecule has 0 aliphatic heterocycles. The monoisotopic (exact) mass is 284 g/mol. The Morgan fingerprint density at radius 2 is 2.25 bits per heavy atom. The Labute approximate surface area is 124 Å². The number of hydrogen-bond acceptors (Lipinski definition) is 3. The van der Waals surface area contributed by atoms with Gasteiger partial charge in [-0.15, -0.1) is 11.3 Å². The van der Waals surface area contributed by atoms with Crippen LogP contribution in [0.1, 0.15) is 34.2 Å². The molecule has 1 heterocycles. The van der Waals surface area contributed by atoms with Crippen LogP contribution in [-0.4, -0.2) is 11.0 Å². The van der Waals surface area contributed by atoms with E-state index < -0.39 is 0 Å². The molecule has 1 aromatic heterocycles. The molecule has 4 unspecified atom stereocenters. The van der Waals surface area contributed by atoms with E-state index in [1.165, 1.54) is 17.8 Å². The zero-order chi connectivity index (χ0) is 13.7.